The van der Waals surface area contributed by atoms with Crippen molar-refractivity contribution >= 4 is 5.91 Å². The molecule has 0 saturated heterocycles. The lowest BCUT2D eigenvalue weighted by atomic mass is 9.99. The average Bonchev–Trinajstić information content (AvgIpc) is 3.23. The SMILES string of the molecule is COc1ccc(CNC(=O)C2(C)COCc3nnc(-c4ccccc4)n32)c(OC)c1. The third-order valence-corrected chi connectivity index (χ3v) is 5.29. The van der Waals surface area contributed by atoms with Crippen molar-refractivity contribution in [3.8, 4) is 22.9 Å². The van der Waals surface area contributed by atoms with E-state index in [4.69, 9.17) is 14.2 Å². The number of carbonyl (C=O) groups is 1. The lowest BCUT2D eigenvalue weighted by molar-refractivity contribution is -0.135. The summed E-state index contributed by atoms with van der Waals surface area (Å²) < 4.78 is 18.2. The van der Waals surface area contributed by atoms with Crippen molar-refractivity contribution in [3.63, 3.8) is 0 Å². The van der Waals surface area contributed by atoms with Crippen LogP contribution in [0.5, 0.6) is 11.5 Å². The van der Waals surface area contributed by atoms with E-state index in [1.54, 1.807) is 20.3 Å². The van der Waals surface area contributed by atoms with Gasteiger partial charge in [-0.15, -0.1) is 10.2 Å². The summed E-state index contributed by atoms with van der Waals surface area (Å²) in [5.41, 5.74) is 0.760. The van der Waals surface area contributed by atoms with E-state index >= 15 is 0 Å². The normalized spacial score (nSPS) is 17.8. The van der Waals surface area contributed by atoms with E-state index < -0.39 is 5.54 Å². The van der Waals surface area contributed by atoms with Crippen LogP contribution in [-0.4, -0.2) is 41.5 Å². The van der Waals surface area contributed by atoms with Crippen LogP contribution < -0.4 is 14.8 Å². The molecule has 0 saturated carbocycles. The largest absolute Gasteiger partial charge is 0.497 e. The van der Waals surface area contributed by atoms with Gasteiger partial charge in [0.1, 0.15) is 23.6 Å². The van der Waals surface area contributed by atoms with Crippen molar-refractivity contribution in [2.45, 2.75) is 25.6 Å². The molecule has 1 aliphatic heterocycles. The Bertz CT molecular complexity index is 1050. The molecular formula is C22H24N4O4. The smallest absolute Gasteiger partial charge is 0.248 e. The molecule has 1 atom stereocenters. The molecule has 1 unspecified atom stereocenters. The minimum atomic E-state index is -0.984. The molecule has 0 fully saturated rings. The fraction of sp³-hybridized carbons (Fsp3) is 0.318. The average molecular weight is 408 g/mol. The number of fused-ring (bicyclic) bond motifs is 1. The van der Waals surface area contributed by atoms with Crippen molar-refractivity contribution in [2.75, 3.05) is 20.8 Å². The fourth-order valence-electron chi connectivity index (χ4n) is 3.64. The number of amides is 1. The highest BCUT2D eigenvalue weighted by Crippen LogP contribution is 2.31. The van der Waals surface area contributed by atoms with E-state index in [2.05, 4.69) is 15.5 Å². The van der Waals surface area contributed by atoms with E-state index in [-0.39, 0.29) is 12.5 Å². The highest BCUT2D eigenvalue weighted by atomic mass is 16.5. The molecule has 1 aromatic heterocycles. The van der Waals surface area contributed by atoms with Crippen LogP contribution in [-0.2, 0) is 28.2 Å². The zero-order chi connectivity index (χ0) is 21.1. The first kappa shape index (κ1) is 19.9. The number of nitrogens with zero attached hydrogens (tertiary/aromatic N) is 3. The van der Waals surface area contributed by atoms with Gasteiger partial charge in [-0.05, 0) is 19.1 Å². The minimum Gasteiger partial charge on any atom is -0.497 e. The second-order valence-electron chi connectivity index (χ2n) is 7.27. The molecule has 0 bridgehead atoms. The Morgan fingerprint density at radius 2 is 1.97 bits per heavy atom. The molecule has 4 rings (SSSR count). The number of benzene rings is 2. The number of carbonyl (C=O) groups excluding carboxylic acids is 1. The first-order valence-electron chi connectivity index (χ1n) is 9.64. The maximum atomic E-state index is 13.3. The Labute approximate surface area is 174 Å². The quantitative estimate of drug-likeness (QED) is 0.674. The lowest BCUT2D eigenvalue weighted by Gasteiger charge is -2.35. The van der Waals surface area contributed by atoms with E-state index in [9.17, 15) is 4.79 Å². The van der Waals surface area contributed by atoms with Gasteiger partial charge in [0.05, 0.1) is 20.8 Å². The molecule has 2 aromatic carbocycles. The van der Waals surface area contributed by atoms with Crippen LogP contribution in [0.3, 0.4) is 0 Å². The highest BCUT2D eigenvalue weighted by molar-refractivity contribution is 5.85. The molecule has 1 amide bonds. The van der Waals surface area contributed by atoms with Gasteiger partial charge in [0.25, 0.3) is 0 Å². The summed E-state index contributed by atoms with van der Waals surface area (Å²) in [5.74, 6) is 2.43. The van der Waals surface area contributed by atoms with Crippen LogP contribution in [0.4, 0.5) is 0 Å². The molecule has 30 heavy (non-hydrogen) atoms. The molecule has 8 heteroatoms. The minimum absolute atomic E-state index is 0.182. The van der Waals surface area contributed by atoms with Crippen molar-refractivity contribution in [3.05, 3.63) is 59.9 Å². The van der Waals surface area contributed by atoms with Gasteiger partial charge in [0, 0.05) is 23.7 Å². The van der Waals surface area contributed by atoms with Crippen LogP contribution in [0.2, 0.25) is 0 Å². The first-order chi connectivity index (χ1) is 14.6. The van der Waals surface area contributed by atoms with Gasteiger partial charge in [-0.2, -0.15) is 0 Å². The summed E-state index contributed by atoms with van der Waals surface area (Å²) in [4.78, 5) is 13.3. The third-order valence-electron chi connectivity index (χ3n) is 5.29. The van der Waals surface area contributed by atoms with Crippen LogP contribution in [0, 0.1) is 0 Å². The van der Waals surface area contributed by atoms with Gasteiger partial charge < -0.3 is 19.5 Å². The number of rotatable bonds is 6. The standard InChI is InChI=1S/C22H24N4O4/c1-22(21(27)23-12-16-9-10-17(28-2)11-18(16)29-3)14-30-13-19-24-25-20(26(19)22)15-7-5-4-6-8-15/h4-11H,12-14H2,1-3H3,(H,23,27). The molecule has 2 heterocycles. The van der Waals surface area contributed by atoms with Crippen molar-refractivity contribution in [2.24, 2.45) is 0 Å². The number of ether oxygens (including phenoxy) is 3. The Morgan fingerprint density at radius 3 is 2.70 bits per heavy atom. The predicted octanol–water partition coefficient (Wildman–Crippen LogP) is 2.52. The first-order valence-corrected chi connectivity index (χ1v) is 9.64. The maximum absolute atomic E-state index is 13.3. The second-order valence-corrected chi connectivity index (χ2v) is 7.27. The lowest BCUT2D eigenvalue weighted by Crippen LogP contribution is -2.52. The van der Waals surface area contributed by atoms with Crippen molar-refractivity contribution in [1.82, 2.24) is 20.1 Å². The molecular weight excluding hydrogens is 384 g/mol. The zero-order valence-electron chi connectivity index (χ0n) is 17.2. The maximum Gasteiger partial charge on any atom is 0.248 e. The fourth-order valence-corrected chi connectivity index (χ4v) is 3.64. The number of hydrogen-bond acceptors (Lipinski definition) is 6. The third kappa shape index (κ3) is 3.50. The number of nitrogens with one attached hydrogen (secondary N) is 1. The number of methoxy groups -OCH3 is 2. The highest BCUT2D eigenvalue weighted by Gasteiger charge is 2.42. The molecule has 3 aromatic rings. The van der Waals surface area contributed by atoms with Gasteiger partial charge in [-0.25, -0.2) is 0 Å². The topological polar surface area (TPSA) is 87.5 Å². The van der Waals surface area contributed by atoms with Gasteiger partial charge in [-0.3, -0.25) is 9.36 Å². The van der Waals surface area contributed by atoms with Crippen LogP contribution in [0.25, 0.3) is 11.4 Å². The molecule has 1 aliphatic rings. The summed E-state index contributed by atoms with van der Waals surface area (Å²) >= 11 is 0. The summed E-state index contributed by atoms with van der Waals surface area (Å²) in [5, 5.41) is 11.6. The van der Waals surface area contributed by atoms with E-state index in [0.29, 0.717) is 36.3 Å². The molecule has 8 nitrogen and oxygen atoms in total. The molecule has 1 N–H and O–H groups in total. The van der Waals surface area contributed by atoms with Gasteiger partial charge in [0.15, 0.2) is 11.6 Å². The van der Waals surface area contributed by atoms with Crippen molar-refractivity contribution in [1.29, 1.82) is 0 Å². The van der Waals surface area contributed by atoms with E-state index in [1.165, 1.54) is 0 Å². The van der Waals surface area contributed by atoms with Crippen LogP contribution in [0.1, 0.15) is 18.3 Å². The summed E-state index contributed by atoms with van der Waals surface area (Å²) in [6, 6.07) is 15.2. The summed E-state index contributed by atoms with van der Waals surface area (Å²) in [6.07, 6.45) is 0. The van der Waals surface area contributed by atoms with Gasteiger partial charge >= 0.3 is 0 Å². The monoisotopic (exact) mass is 408 g/mol. The second kappa shape index (κ2) is 8.16. The number of hydrogen-bond donors (Lipinski definition) is 1. The van der Waals surface area contributed by atoms with Crippen molar-refractivity contribution < 1.29 is 19.0 Å². The molecule has 0 radical (unpaired) electrons. The Morgan fingerprint density at radius 1 is 1.17 bits per heavy atom. The zero-order valence-corrected chi connectivity index (χ0v) is 17.2. The summed E-state index contributed by atoms with van der Waals surface area (Å²) in [7, 11) is 3.19. The predicted molar refractivity (Wildman–Crippen MR) is 110 cm³/mol. The molecule has 156 valence electrons. The Kier molecular flexibility index (Phi) is 5.41. The van der Waals surface area contributed by atoms with Gasteiger partial charge in [0.2, 0.25) is 5.91 Å². The summed E-state index contributed by atoms with van der Waals surface area (Å²) in [6.45, 7) is 2.68. The Hall–Kier alpha value is -3.39. The van der Waals surface area contributed by atoms with E-state index in [0.717, 1.165) is 11.1 Å². The molecule has 0 spiro atoms. The number of aromatic nitrogens is 3. The Balaban J connectivity index is 1.61. The molecule has 0 aliphatic carbocycles. The van der Waals surface area contributed by atoms with Crippen LogP contribution in [0.15, 0.2) is 48.5 Å². The van der Waals surface area contributed by atoms with Crippen LogP contribution >= 0.6 is 0 Å². The van der Waals surface area contributed by atoms with Gasteiger partial charge in [-0.1, -0.05) is 30.3 Å². The van der Waals surface area contributed by atoms with E-state index in [1.807, 2.05) is 54.0 Å².